The molecular formula is C22H28. The van der Waals surface area contributed by atoms with Crippen molar-refractivity contribution in [2.45, 2.75) is 69.6 Å². The molecule has 0 spiro atoms. The lowest BCUT2D eigenvalue weighted by Gasteiger charge is -2.46. The van der Waals surface area contributed by atoms with Gasteiger partial charge >= 0.3 is 0 Å². The Morgan fingerprint density at radius 1 is 0.682 bits per heavy atom. The predicted molar refractivity (Wildman–Crippen MR) is 95.3 cm³/mol. The van der Waals surface area contributed by atoms with Crippen LogP contribution in [0.3, 0.4) is 0 Å². The molecule has 0 unspecified atom stereocenters. The van der Waals surface area contributed by atoms with Crippen molar-refractivity contribution < 1.29 is 0 Å². The molecule has 0 aromatic heterocycles. The molecule has 2 saturated carbocycles. The van der Waals surface area contributed by atoms with Crippen molar-refractivity contribution in [1.82, 2.24) is 0 Å². The molecule has 2 aromatic rings. The third kappa shape index (κ3) is 2.37. The van der Waals surface area contributed by atoms with Gasteiger partial charge < -0.3 is 0 Å². The van der Waals surface area contributed by atoms with Gasteiger partial charge in [-0.05, 0) is 53.4 Å². The second kappa shape index (κ2) is 6.07. The van der Waals surface area contributed by atoms with Crippen LogP contribution in [0, 0.1) is 5.92 Å². The summed E-state index contributed by atoms with van der Waals surface area (Å²) in [6, 6.07) is 16.1. The molecule has 2 aliphatic carbocycles. The lowest BCUT2D eigenvalue weighted by molar-refractivity contribution is 0.149. The summed E-state index contributed by atoms with van der Waals surface area (Å²) < 4.78 is 0. The molecule has 4 rings (SSSR count). The van der Waals surface area contributed by atoms with Crippen LogP contribution in [0.25, 0.3) is 10.8 Å². The highest BCUT2D eigenvalue weighted by atomic mass is 14.5. The minimum absolute atomic E-state index is 0.472. The molecule has 2 aliphatic rings. The fourth-order valence-corrected chi connectivity index (χ4v) is 5.39. The van der Waals surface area contributed by atoms with Gasteiger partial charge in [-0.25, -0.2) is 0 Å². The Balaban J connectivity index is 1.85. The fraction of sp³-hybridized carbons (Fsp3) is 0.545. The van der Waals surface area contributed by atoms with Gasteiger partial charge in [-0.15, -0.1) is 0 Å². The van der Waals surface area contributed by atoms with Gasteiger partial charge in [0, 0.05) is 0 Å². The van der Waals surface area contributed by atoms with Crippen LogP contribution in [0.15, 0.2) is 42.5 Å². The molecule has 0 amide bonds. The zero-order valence-corrected chi connectivity index (χ0v) is 13.7. The minimum atomic E-state index is 0.472. The lowest BCUT2D eigenvalue weighted by atomic mass is 9.58. The normalized spacial score (nSPS) is 22.7. The largest absolute Gasteiger partial charge is 0.0616 e. The molecule has 0 radical (unpaired) electrons. The Morgan fingerprint density at radius 2 is 1.36 bits per heavy atom. The first kappa shape index (κ1) is 14.3. The van der Waals surface area contributed by atoms with E-state index in [1.165, 1.54) is 75.0 Å². The lowest BCUT2D eigenvalue weighted by Crippen LogP contribution is -2.38. The second-order valence-electron chi connectivity index (χ2n) is 7.58. The van der Waals surface area contributed by atoms with Crippen molar-refractivity contribution in [3.05, 3.63) is 48.0 Å². The Bertz CT molecular complexity index is 622. The molecule has 116 valence electrons. The van der Waals surface area contributed by atoms with E-state index in [9.17, 15) is 0 Å². The average Bonchev–Trinajstić information content (AvgIpc) is 2.62. The van der Waals surface area contributed by atoms with E-state index in [0.29, 0.717) is 5.41 Å². The smallest absolute Gasteiger partial charge is 0.00126 e. The molecule has 2 aromatic carbocycles. The van der Waals surface area contributed by atoms with E-state index >= 15 is 0 Å². The standard InChI is InChI=1S/C22H28/c1-3-12-19(13-4-1)22(16-7-2-8-17-22)21-15-9-11-18-10-5-6-14-20(18)21/h5-6,9-11,14-15,19H,1-4,7-8,12-13,16-17H2. The molecule has 0 nitrogen and oxygen atoms in total. The molecule has 0 atom stereocenters. The zero-order chi connectivity index (χ0) is 14.8. The molecule has 0 N–H and O–H groups in total. The zero-order valence-electron chi connectivity index (χ0n) is 13.7. The van der Waals surface area contributed by atoms with Gasteiger partial charge in [0.15, 0.2) is 0 Å². The highest BCUT2D eigenvalue weighted by Crippen LogP contribution is 2.51. The summed E-state index contributed by atoms with van der Waals surface area (Å²) in [7, 11) is 0. The summed E-state index contributed by atoms with van der Waals surface area (Å²) in [5.41, 5.74) is 2.15. The Morgan fingerprint density at radius 3 is 2.18 bits per heavy atom. The minimum Gasteiger partial charge on any atom is -0.0616 e. The Labute approximate surface area is 134 Å². The molecule has 2 fully saturated rings. The predicted octanol–water partition coefficient (Wildman–Crippen LogP) is 6.62. The first-order valence-electron chi connectivity index (χ1n) is 9.38. The maximum Gasteiger partial charge on any atom is -0.00126 e. The average molecular weight is 292 g/mol. The molecule has 0 aliphatic heterocycles. The number of hydrogen-bond donors (Lipinski definition) is 0. The number of hydrogen-bond acceptors (Lipinski definition) is 0. The van der Waals surface area contributed by atoms with Gasteiger partial charge in [-0.1, -0.05) is 81.0 Å². The van der Waals surface area contributed by atoms with Gasteiger partial charge in [0.2, 0.25) is 0 Å². The Hall–Kier alpha value is -1.30. The summed E-state index contributed by atoms with van der Waals surface area (Å²) in [6.07, 6.45) is 14.4. The van der Waals surface area contributed by atoms with E-state index in [1.807, 2.05) is 0 Å². The first-order valence-corrected chi connectivity index (χ1v) is 9.38. The number of rotatable bonds is 2. The molecule has 0 bridgehead atoms. The van der Waals surface area contributed by atoms with Crippen LogP contribution in [-0.4, -0.2) is 0 Å². The van der Waals surface area contributed by atoms with E-state index in [4.69, 9.17) is 0 Å². The number of fused-ring (bicyclic) bond motifs is 1. The van der Waals surface area contributed by atoms with Crippen molar-refractivity contribution >= 4 is 10.8 Å². The van der Waals surface area contributed by atoms with E-state index < -0.39 is 0 Å². The van der Waals surface area contributed by atoms with Crippen LogP contribution in [0.4, 0.5) is 0 Å². The third-order valence-electron chi connectivity index (χ3n) is 6.46. The third-order valence-corrected chi connectivity index (χ3v) is 6.46. The van der Waals surface area contributed by atoms with E-state index in [2.05, 4.69) is 42.5 Å². The highest BCUT2D eigenvalue weighted by Gasteiger charge is 2.42. The summed E-state index contributed by atoms with van der Waals surface area (Å²) in [5, 5.41) is 2.96. The van der Waals surface area contributed by atoms with Gasteiger partial charge in [-0.3, -0.25) is 0 Å². The molecular weight excluding hydrogens is 264 g/mol. The van der Waals surface area contributed by atoms with Crippen LogP contribution in [-0.2, 0) is 5.41 Å². The summed E-state index contributed by atoms with van der Waals surface area (Å²) in [5.74, 6) is 0.923. The molecule has 0 heteroatoms. The van der Waals surface area contributed by atoms with Crippen molar-refractivity contribution in [2.75, 3.05) is 0 Å². The van der Waals surface area contributed by atoms with Crippen molar-refractivity contribution in [2.24, 2.45) is 5.92 Å². The van der Waals surface area contributed by atoms with E-state index in [-0.39, 0.29) is 0 Å². The quantitative estimate of drug-likeness (QED) is 0.583. The van der Waals surface area contributed by atoms with Crippen LogP contribution in [0.2, 0.25) is 0 Å². The van der Waals surface area contributed by atoms with Gasteiger partial charge in [-0.2, -0.15) is 0 Å². The van der Waals surface area contributed by atoms with Crippen LogP contribution >= 0.6 is 0 Å². The van der Waals surface area contributed by atoms with Gasteiger partial charge in [0.1, 0.15) is 0 Å². The topological polar surface area (TPSA) is 0 Å². The summed E-state index contributed by atoms with van der Waals surface area (Å²) in [6.45, 7) is 0. The summed E-state index contributed by atoms with van der Waals surface area (Å²) >= 11 is 0. The van der Waals surface area contributed by atoms with Crippen LogP contribution in [0.1, 0.15) is 69.8 Å². The molecule has 22 heavy (non-hydrogen) atoms. The maximum absolute atomic E-state index is 2.46. The summed E-state index contributed by atoms with van der Waals surface area (Å²) in [4.78, 5) is 0. The van der Waals surface area contributed by atoms with E-state index in [0.717, 1.165) is 5.92 Å². The monoisotopic (exact) mass is 292 g/mol. The molecule has 0 heterocycles. The maximum atomic E-state index is 2.46. The van der Waals surface area contributed by atoms with Crippen LogP contribution < -0.4 is 0 Å². The van der Waals surface area contributed by atoms with Crippen molar-refractivity contribution in [1.29, 1.82) is 0 Å². The SMILES string of the molecule is c1ccc2c(C3(C4CCCCC4)CCCCC3)cccc2c1. The second-order valence-corrected chi connectivity index (χ2v) is 7.58. The van der Waals surface area contributed by atoms with Gasteiger partial charge in [0.25, 0.3) is 0 Å². The Kier molecular flexibility index (Phi) is 3.94. The highest BCUT2D eigenvalue weighted by molar-refractivity contribution is 5.86. The van der Waals surface area contributed by atoms with E-state index in [1.54, 1.807) is 5.56 Å². The number of benzene rings is 2. The van der Waals surface area contributed by atoms with Crippen LogP contribution in [0.5, 0.6) is 0 Å². The van der Waals surface area contributed by atoms with Crippen molar-refractivity contribution in [3.63, 3.8) is 0 Å². The molecule has 0 saturated heterocycles. The van der Waals surface area contributed by atoms with Crippen molar-refractivity contribution in [3.8, 4) is 0 Å². The fourth-order valence-electron chi connectivity index (χ4n) is 5.39. The van der Waals surface area contributed by atoms with Gasteiger partial charge in [0.05, 0.1) is 0 Å². The first-order chi connectivity index (χ1) is 10.9.